The summed E-state index contributed by atoms with van der Waals surface area (Å²) in [6.45, 7) is 2.20. The Kier molecular flexibility index (Phi) is 13.9. The van der Waals surface area contributed by atoms with Crippen molar-refractivity contribution in [3.63, 3.8) is 0 Å². The van der Waals surface area contributed by atoms with Crippen LogP contribution in [0.15, 0.2) is 12.3 Å². The molecular weight excluding hydrogens is 134 g/mol. The van der Waals surface area contributed by atoms with Crippen LogP contribution in [0.3, 0.4) is 0 Å². The van der Waals surface area contributed by atoms with Gasteiger partial charge in [-0.2, -0.15) is 0 Å². The Balaban J connectivity index is 0. The van der Waals surface area contributed by atoms with Crippen LogP contribution in [0.5, 0.6) is 0 Å². The van der Waals surface area contributed by atoms with Crippen LogP contribution >= 0.6 is 12.4 Å². The van der Waals surface area contributed by atoms with E-state index in [0.29, 0.717) is 0 Å². The van der Waals surface area contributed by atoms with Gasteiger partial charge in [-0.25, -0.2) is 0 Å². The Bertz CT molecular complexity index is 61.9. The van der Waals surface area contributed by atoms with Crippen molar-refractivity contribution in [2.24, 2.45) is 0 Å². The minimum Gasteiger partial charge on any atom is -0.394 e. The third-order valence-electron chi connectivity index (χ3n) is 1.01. The van der Waals surface area contributed by atoms with Crippen LogP contribution in [0.1, 0.15) is 26.2 Å². The summed E-state index contributed by atoms with van der Waals surface area (Å²) in [6, 6.07) is 0. The Morgan fingerprint density at radius 1 is 1.44 bits per heavy atom. The van der Waals surface area contributed by atoms with E-state index < -0.39 is 0 Å². The highest BCUT2D eigenvalue weighted by Gasteiger charge is 1.74. The lowest BCUT2D eigenvalue weighted by atomic mass is 10.2. The number of halogens is 1. The van der Waals surface area contributed by atoms with Gasteiger partial charge in [0.05, 0.1) is 0 Å². The van der Waals surface area contributed by atoms with E-state index in [2.05, 4.69) is 18.3 Å². The predicted molar refractivity (Wildman–Crippen MR) is 45.0 cm³/mol. The first-order valence-electron chi connectivity index (χ1n) is 3.24. The highest BCUT2D eigenvalue weighted by atomic mass is 35.5. The monoisotopic (exact) mass is 149 g/mol. The summed E-state index contributed by atoms with van der Waals surface area (Å²) in [5, 5.41) is 2.95. The number of hydrogen-bond acceptors (Lipinski definition) is 1. The zero-order valence-corrected chi connectivity index (χ0v) is 7.00. The molecular formula is C7H16ClN. The lowest BCUT2D eigenvalue weighted by Crippen LogP contribution is -1.90. The largest absolute Gasteiger partial charge is 0.394 e. The van der Waals surface area contributed by atoms with E-state index in [-0.39, 0.29) is 12.4 Å². The van der Waals surface area contributed by atoms with Crippen LogP contribution in [0.4, 0.5) is 0 Å². The number of hydrogen-bond donors (Lipinski definition) is 1. The molecule has 0 heterocycles. The minimum absolute atomic E-state index is 0. The third kappa shape index (κ3) is 11.4. The zero-order chi connectivity index (χ0) is 6.24. The Hall–Kier alpha value is -0.170. The van der Waals surface area contributed by atoms with Crippen molar-refractivity contribution in [2.75, 3.05) is 7.05 Å². The van der Waals surface area contributed by atoms with Crippen molar-refractivity contribution >= 4 is 12.4 Å². The molecule has 0 radical (unpaired) electrons. The fourth-order valence-corrected chi connectivity index (χ4v) is 0.523. The highest BCUT2D eigenvalue weighted by Crippen LogP contribution is 1.92. The summed E-state index contributed by atoms with van der Waals surface area (Å²) in [7, 11) is 1.92. The topological polar surface area (TPSA) is 12.0 Å². The molecule has 56 valence electrons. The summed E-state index contributed by atoms with van der Waals surface area (Å²) < 4.78 is 0. The highest BCUT2D eigenvalue weighted by molar-refractivity contribution is 5.85. The van der Waals surface area contributed by atoms with Crippen LogP contribution in [0.25, 0.3) is 0 Å². The molecule has 1 N–H and O–H groups in total. The molecule has 0 aromatic rings. The molecule has 0 aromatic heterocycles. The molecule has 0 saturated carbocycles. The Morgan fingerprint density at radius 3 is 2.56 bits per heavy atom. The molecule has 0 aromatic carbocycles. The maximum Gasteiger partial charge on any atom is 0.00276 e. The second-order valence-electron chi connectivity index (χ2n) is 1.83. The van der Waals surface area contributed by atoms with E-state index in [4.69, 9.17) is 0 Å². The molecule has 0 spiro atoms. The fourth-order valence-electron chi connectivity index (χ4n) is 0.523. The van der Waals surface area contributed by atoms with Gasteiger partial charge < -0.3 is 5.32 Å². The number of allylic oxidation sites excluding steroid dienone is 1. The number of nitrogens with one attached hydrogen (secondary N) is 1. The molecule has 0 aliphatic rings. The minimum atomic E-state index is 0. The molecule has 0 fully saturated rings. The molecule has 2 heteroatoms. The summed E-state index contributed by atoms with van der Waals surface area (Å²) in [5.41, 5.74) is 0. The second kappa shape index (κ2) is 10.7. The molecule has 0 saturated heterocycles. The van der Waals surface area contributed by atoms with Gasteiger partial charge in [-0.1, -0.05) is 25.8 Å². The van der Waals surface area contributed by atoms with Gasteiger partial charge in [0, 0.05) is 7.05 Å². The van der Waals surface area contributed by atoms with Crippen LogP contribution in [-0.2, 0) is 0 Å². The summed E-state index contributed by atoms with van der Waals surface area (Å²) >= 11 is 0. The Labute approximate surface area is 63.9 Å². The summed E-state index contributed by atoms with van der Waals surface area (Å²) in [6.07, 6.45) is 7.93. The number of unbranched alkanes of at least 4 members (excludes halogenated alkanes) is 2. The van der Waals surface area contributed by atoms with E-state index in [1.165, 1.54) is 19.3 Å². The molecule has 0 unspecified atom stereocenters. The van der Waals surface area contributed by atoms with Gasteiger partial charge in [-0.15, -0.1) is 12.4 Å². The summed E-state index contributed by atoms with van der Waals surface area (Å²) in [5.74, 6) is 0. The smallest absolute Gasteiger partial charge is 0.00276 e. The average Bonchev–Trinajstić information content (AvgIpc) is 1.81. The molecule has 0 bridgehead atoms. The molecule has 9 heavy (non-hydrogen) atoms. The van der Waals surface area contributed by atoms with Gasteiger partial charge >= 0.3 is 0 Å². The molecule has 0 aliphatic carbocycles. The van der Waals surface area contributed by atoms with Crippen LogP contribution in [-0.4, -0.2) is 7.05 Å². The van der Waals surface area contributed by atoms with Crippen LogP contribution in [0.2, 0.25) is 0 Å². The average molecular weight is 150 g/mol. The second-order valence-corrected chi connectivity index (χ2v) is 1.83. The third-order valence-corrected chi connectivity index (χ3v) is 1.01. The van der Waals surface area contributed by atoms with E-state index >= 15 is 0 Å². The van der Waals surface area contributed by atoms with Crippen molar-refractivity contribution in [1.82, 2.24) is 5.32 Å². The van der Waals surface area contributed by atoms with Gasteiger partial charge in [0.2, 0.25) is 0 Å². The van der Waals surface area contributed by atoms with Gasteiger partial charge in [-0.05, 0) is 12.6 Å². The van der Waals surface area contributed by atoms with Gasteiger partial charge in [0.15, 0.2) is 0 Å². The van der Waals surface area contributed by atoms with Gasteiger partial charge in [-0.3, -0.25) is 0 Å². The van der Waals surface area contributed by atoms with E-state index in [9.17, 15) is 0 Å². The zero-order valence-electron chi connectivity index (χ0n) is 6.18. The van der Waals surface area contributed by atoms with Gasteiger partial charge in [0.1, 0.15) is 0 Å². The summed E-state index contributed by atoms with van der Waals surface area (Å²) in [4.78, 5) is 0. The first-order valence-corrected chi connectivity index (χ1v) is 3.24. The lowest BCUT2D eigenvalue weighted by Gasteiger charge is -1.87. The Morgan fingerprint density at radius 2 is 2.11 bits per heavy atom. The van der Waals surface area contributed by atoms with E-state index in [1.54, 1.807) is 0 Å². The van der Waals surface area contributed by atoms with Crippen molar-refractivity contribution in [3.05, 3.63) is 12.3 Å². The molecule has 0 aliphatic heterocycles. The predicted octanol–water partition coefficient (Wildman–Crippen LogP) is 2.33. The number of rotatable bonds is 4. The van der Waals surface area contributed by atoms with Crippen LogP contribution in [0, 0.1) is 0 Å². The first-order chi connectivity index (χ1) is 3.91. The maximum atomic E-state index is 2.95. The molecule has 1 nitrogen and oxygen atoms in total. The first kappa shape index (κ1) is 11.6. The quantitative estimate of drug-likeness (QED) is 0.605. The van der Waals surface area contributed by atoms with Crippen molar-refractivity contribution in [2.45, 2.75) is 26.2 Å². The fraction of sp³-hybridized carbons (Fsp3) is 0.714. The lowest BCUT2D eigenvalue weighted by molar-refractivity contribution is 0.811. The van der Waals surface area contributed by atoms with Crippen molar-refractivity contribution in [3.8, 4) is 0 Å². The maximum absolute atomic E-state index is 2.95. The SMILES string of the molecule is CCCC/C=C/NC.Cl. The normalized spacial score (nSPS) is 9.11. The molecule has 0 rings (SSSR count). The van der Waals surface area contributed by atoms with Crippen LogP contribution < -0.4 is 5.32 Å². The van der Waals surface area contributed by atoms with E-state index in [0.717, 1.165) is 0 Å². The van der Waals surface area contributed by atoms with Gasteiger partial charge in [0.25, 0.3) is 0 Å². The molecule has 0 atom stereocenters. The standard InChI is InChI=1S/C7H15N.ClH/c1-3-4-5-6-7-8-2;/h6-8H,3-5H2,1-2H3;1H/b7-6+;. The van der Waals surface area contributed by atoms with Crippen molar-refractivity contribution < 1.29 is 0 Å². The van der Waals surface area contributed by atoms with Crippen molar-refractivity contribution in [1.29, 1.82) is 0 Å². The molecule has 0 amide bonds. The van der Waals surface area contributed by atoms with E-state index in [1.807, 2.05) is 13.2 Å².